The Labute approximate surface area is 116 Å². The molecule has 2 aromatic rings. The van der Waals surface area contributed by atoms with Gasteiger partial charge < -0.3 is 5.73 Å². The van der Waals surface area contributed by atoms with Crippen molar-refractivity contribution in [2.75, 3.05) is 0 Å². The molecule has 0 radical (unpaired) electrons. The first-order valence-electron chi connectivity index (χ1n) is 6.87. The quantitative estimate of drug-likeness (QED) is 0.873. The standard InChI is InChI=1S/C18H23N/c1-12-7-5-8-13(2)16(12)11-17(19)18-14(3)9-6-10-15(18)4/h5-10,17H,11,19H2,1-4H3. The van der Waals surface area contributed by atoms with E-state index in [-0.39, 0.29) is 6.04 Å². The molecule has 1 unspecified atom stereocenters. The summed E-state index contributed by atoms with van der Waals surface area (Å²) in [6.45, 7) is 8.62. The Morgan fingerprint density at radius 2 is 1.21 bits per heavy atom. The van der Waals surface area contributed by atoms with Gasteiger partial charge in [-0.2, -0.15) is 0 Å². The molecule has 19 heavy (non-hydrogen) atoms. The highest BCUT2D eigenvalue weighted by Gasteiger charge is 2.14. The van der Waals surface area contributed by atoms with E-state index in [9.17, 15) is 0 Å². The van der Waals surface area contributed by atoms with E-state index in [1.807, 2.05) is 0 Å². The summed E-state index contributed by atoms with van der Waals surface area (Å²) in [5, 5.41) is 0. The molecule has 0 aliphatic rings. The fraction of sp³-hybridized carbons (Fsp3) is 0.333. The van der Waals surface area contributed by atoms with Crippen molar-refractivity contribution < 1.29 is 0 Å². The van der Waals surface area contributed by atoms with Crippen LogP contribution in [-0.2, 0) is 6.42 Å². The van der Waals surface area contributed by atoms with Gasteiger partial charge in [0.25, 0.3) is 0 Å². The summed E-state index contributed by atoms with van der Waals surface area (Å²) < 4.78 is 0. The highest BCUT2D eigenvalue weighted by atomic mass is 14.6. The zero-order valence-corrected chi connectivity index (χ0v) is 12.3. The van der Waals surface area contributed by atoms with Crippen molar-refractivity contribution in [3.63, 3.8) is 0 Å². The lowest BCUT2D eigenvalue weighted by Gasteiger charge is -2.20. The van der Waals surface area contributed by atoms with E-state index >= 15 is 0 Å². The Morgan fingerprint density at radius 3 is 1.68 bits per heavy atom. The molecule has 0 saturated carbocycles. The van der Waals surface area contributed by atoms with Gasteiger partial charge in [0.05, 0.1) is 0 Å². The van der Waals surface area contributed by atoms with E-state index in [0.29, 0.717) is 0 Å². The van der Waals surface area contributed by atoms with Crippen LogP contribution < -0.4 is 5.73 Å². The van der Waals surface area contributed by atoms with E-state index in [1.165, 1.54) is 33.4 Å². The van der Waals surface area contributed by atoms with Gasteiger partial charge in [-0.3, -0.25) is 0 Å². The summed E-state index contributed by atoms with van der Waals surface area (Å²) in [6.07, 6.45) is 0.907. The number of aryl methyl sites for hydroxylation is 4. The average Bonchev–Trinajstić information content (AvgIpc) is 2.34. The van der Waals surface area contributed by atoms with Crippen LogP contribution in [0.15, 0.2) is 36.4 Å². The number of hydrogen-bond donors (Lipinski definition) is 1. The van der Waals surface area contributed by atoms with Crippen molar-refractivity contribution in [1.82, 2.24) is 0 Å². The molecule has 1 atom stereocenters. The van der Waals surface area contributed by atoms with E-state index in [4.69, 9.17) is 5.73 Å². The molecule has 0 spiro atoms. The van der Waals surface area contributed by atoms with Gasteiger partial charge in [0, 0.05) is 6.04 Å². The Morgan fingerprint density at radius 1 is 0.789 bits per heavy atom. The van der Waals surface area contributed by atoms with Crippen molar-refractivity contribution in [3.05, 3.63) is 69.8 Å². The zero-order chi connectivity index (χ0) is 14.0. The molecule has 0 aliphatic heterocycles. The highest BCUT2D eigenvalue weighted by Crippen LogP contribution is 2.25. The molecule has 1 nitrogen and oxygen atoms in total. The van der Waals surface area contributed by atoms with Crippen LogP contribution in [0, 0.1) is 27.7 Å². The summed E-state index contributed by atoms with van der Waals surface area (Å²) in [4.78, 5) is 0. The molecule has 0 aromatic heterocycles. The third-order valence-electron chi connectivity index (χ3n) is 3.98. The van der Waals surface area contributed by atoms with Gasteiger partial charge in [-0.05, 0) is 67.5 Å². The lowest BCUT2D eigenvalue weighted by Crippen LogP contribution is -2.17. The van der Waals surface area contributed by atoms with Crippen LogP contribution in [0.3, 0.4) is 0 Å². The number of rotatable bonds is 3. The van der Waals surface area contributed by atoms with Crippen LogP contribution in [0.2, 0.25) is 0 Å². The Kier molecular flexibility index (Phi) is 4.06. The molecule has 2 aromatic carbocycles. The van der Waals surface area contributed by atoms with Gasteiger partial charge >= 0.3 is 0 Å². The molecule has 0 saturated heterocycles. The smallest absolute Gasteiger partial charge is 0.0341 e. The number of benzene rings is 2. The lowest BCUT2D eigenvalue weighted by molar-refractivity contribution is 0.705. The number of hydrogen-bond acceptors (Lipinski definition) is 1. The SMILES string of the molecule is Cc1cccc(C)c1CC(N)c1c(C)cccc1C. The van der Waals surface area contributed by atoms with Gasteiger partial charge in [-0.25, -0.2) is 0 Å². The molecular formula is C18H23N. The fourth-order valence-electron chi connectivity index (χ4n) is 2.91. The van der Waals surface area contributed by atoms with Crippen molar-refractivity contribution in [2.45, 2.75) is 40.2 Å². The lowest BCUT2D eigenvalue weighted by atomic mass is 9.89. The maximum atomic E-state index is 6.47. The summed E-state index contributed by atoms with van der Waals surface area (Å²) >= 11 is 0. The summed E-state index contributed by atoms with van der Waals surface area (Å²) in [6, 6.07) is 12.9. The molecule has 2 rings (SSSR count). The van der Waals surface area contributed by atoms with E-state index in [2.05, 4.69) is 64.1 Å². The normalized spacial score (nSPS) is 12.5. The maximum Gasteiger partial charge on any atom is 0.0341 e. The van der Waals surface area contributed by atoms with E-state index in [0.717, 1.165) is 6.42 Å². The molecule has 0 amide bonds. The first kappa shape index (κ1) is 13.8. The average molecular weight is 253 g/mol. The first-order chi connectivity index (χ1) is 9.00. The summed E-state index contributed by atoms with van der Waals surface area (Å²) in [5.74, 6) is 0. The van der Waals surface area contributed by atoms with Crippen LogP contribution in [-0.4, -0.2) is 0 Å². The predicted molar refractivity (Wildman–Crippen MR) is 82.5 cm³/mol. The van der Waals surface area contributed by atoms with Crippen LogP contribution in [0.4, 0.5) is 0 Å². The largest absolute Gasteiger partial charge is 0.324 e. The summed E-state index contributed by atoms with van der Waals surface area (Å²) in [7, 11) is 0. The minimum absolute atomic E-state index is 0.0704. The monoisotopic (exact) mass is 253 g/mol. The van der Waals surface area contributed by atoms with Crippen LogP contribution in [0.25, 0.3) is 0 Å². The van der Waals surface area contributed by atoms with E-state index < -0.39 is 0 Å². The molecule has 0 bridgehead atoms. The maximum absolute atomic E-state index is 6.47. The molecule has 1 heteroatoms. The second kappa shape index (κ2) is 5.58. The Hall–Kier alpha value is -1.60. The van der Waals surface area contributed by atoms with Gasteiger partial charge in [-0.15, -0.1) is 0 Å². The van der Waals surface area contributed by atoms with E-state index in [1.54, 1.807) is 0 Å². The molecule has 0 fully saturated rings. The fourth-order valence-corrected chi connectivity index (χ4v) is 2.91. The molecule has 2 N–H and O–H groups in total. The van der Waals surface area contributed by atoms with Gasteiger partial charge in [0.1, 0.15) is 0 Å². The molecular weight excluding hydrogens is 230 g/mol. The Balaban J connectivity index is 2.34. The minimum atomic E-state index is 0.0704. The first-order valence-corrected chi connectivity index (χ1v) is 6.87. The second-order valence-corrected chi connectivity index (χ2v) is 5.49. The minimum Gasteiger partial charge on any atom is -0.324 e. The van der Waals surface area contributed by atoms with Crippen molar-refractivity contribution in [2.24, 2.45) is 5.73 Å². The van der Waals surface area contributed by atoms with Gasteiger partial charge in [-0.1, -0.05) is 36.4 Å². The summed E-state index contributed by atoms with van der Waals surface area (Å²) in [5.41, 5.74) is 14.4. The zero-order valence-electron chi connectivity index (χ0n) is 12.3. The van der Waals surface area contributed by atoms with Gasteiger partial charge in [0.15, 0.2) is 0 Å². The third-order valence-corrected chi connectivity index (χ3v) is 3.98. The van der Waals surface area contributed by atoms with Crippen LogP contribution >= 0.6 is 0 Å². The molecule has 0 aliphatic carbocycles. The van der Waals surface area contributed by atoms with Crippen molar-refractivity contribution in [1.29, 1.82) is 0 Å². The topological polar surface area (TPSA) is 26.0 Å². The Bertz CT molecular complexity index is 544. The van der Waals surface area contributed by atoms with Crippen LogP contribution in [0.5, 0.6) is 0 Å². The van der Waals surface area contributed by atoms with Crippen molar-refractivity contribution >= 4 is 0 Å². The predicted octanol–water partition coefficient (Wildman–Crippen LogP) is 4.16. The molecule has 100 valence electrons. The second-order valence-electron chi connectivity index (χ2n) is 5.49. The third kappa shape index (κ3) is 2.87. The van der Waals surface area contributed by atoms with Gasteiger partial charge in [0.2, 0.25) is 0 Å². The molecule has 0 heterocycles. The highest BCUT2D eigenvalue weighted by molar-refractivity contribution is 5.39. The van der Waals surface area contributed by atoms with Crippen LogP contribution in [0.1, 0.15) is 39.4 Å². The van der Waals surface area contributed by atoms with Crippen molar-refractivity contribution in [3.8, 4) is 0 Å². The number of nitrogens with two attached hydrogens (primary N) is 1.